The van der Waals surface area contributed by atoms with Crippen molar-refractivity contribution in [2.75, 3.05) is 5.32 Å². The van der Waals surface area contributed by atoms with E-state index in [9.17, 15) is 18.0 Å². The van der Waals surface area contributed by atoms with Crippen LogP contribution in [0.4, 0.5) is 18.9 Å². The molecule has 0 fully saturated rings. The fourth-order valence-electron chi connectivity index (χ4n) is 1.96. The van der Waals surface area contributed by atoms with Crippen molar-refractivity contribution in [1.82, 2.24) is 20.2 Å². The Kier molecular flexibility index (Phi) is 4.23. The third kappa shape index (κ3) is 3.57. The highest BCUT2D eigenvalue weighted by atomic mass is 19.2. The molecule has 0 bridgehead atoms. The van der Waals surface area contributed by atoms with E-state index in [0.717, 1.165) is 16.9 Å². The Morgan fingerprint density at radius 3 is 2.67 bits per heavy atom. The number of benzene rings is 2. The zero-order valence-electron chi connectivity index (χ0n) is 12.1. The van der Waals surface area contributed by atoms with E-state index in [1.54, 1.807) is 6.07 Å². The lowest BCUT2D eigenvalue weighted by Gasteiger charge is -2.04. The van der Waals surface area contributed by atoms with Gasteiger partial charge in [-0.05, 0) is 29.5 Å². The number of rotatable bonds is 4. The summed E-state index contributed by atoms with van der Waals surface area (Å²) in [5.74, 6) is -2.91. The van der Waals surface area contributed by atoms with Crippen molar-refractivity contribution < 1.29 is 18.0 Å². The predicted octanol–water partition coefficient (Wildman–Crippen LogP) is 2.40. The maximum Gasteiger partial charge on any atom is 0.248 e. The Balaban J connectivity index is 1.68. The minimum Gasteiger partial charge on any atom is -0.324 e. The van der Waals surface area contributed by atoms with Crippen molar-refractivity contribution in [2.24, 2.45) is 0 Å². The van der Waals surface area contributed by atoms with Gasteiger partial charge >= 0.3 is 0 Å². The minimum absolute atomic E-state index is 0.101. The number of halogens is 3. The van der Waals surface area contributed by atoms with Crippen LogP contribution in [0.5, 0.6) is 0 Å². The van der Waals surface area contributed by atoms with Gasteiger partial charge in [-0.1, -0.05) is 12.1 Å². The van der Waals surface area contributed by atoms with Crippen molar-refractivity contribution in [3.8, 4) is 11.4 Å². The number of amides is 1. The lowest BCUT2D eigenvalue weighted by Crippen LogP contribution is -2.20. The summed E-state index contributed by atoms with van der Waals surface area (Å²) >= 11 is 0. The van der Waals surface area contributed by atoms with Crippen molar-refractivity contribution in [1.29, 1.82) is 0 Å². The lowest BCUT2D eigenvalue weighted by atomic mass is 10.2. The highest BCUT2D eigenvalue weighted by Gasteiger charge is 2.11. The minimum atomic E-state index is -1.07. The molecule has 2 aromatic carbocycles. The average Bonchev–Trinajstić information content (AvgIpc) is 2.99. The van der Waals surface area contributed by atoms with Gasteiger partial charge in [-0.2, -0.15) is 4.80 Å². The van der Waals surface area contributed by atoms with Crippen molar-refractivity contribution in [3.05, 3.63) is 59.9 Å². The molecule has 0 aliphatic carbocycles. The van der Waals surface area contributed by atoms with E-state index in [-0.39, 0.29) is 18.1 Å². The fourth-order valence-corrected chi connectivity index (χ4v) is 1.96. The Bertz CT molecular complexity index is 896. The van der Waals surface area contributed by atoms with Crippen LogP contribution in [-0.2, 0) is 11.3 Å². The second-order valence-corrected chi connectivity index (χ2v) is 4.83. The van der Waals surface area contributed by atoms with Crippen LogP contribution in [0.25, 0.3) is 11.4 Å². The number of carbonyl (C=O) groups is 1. The molecule has 0 spiro atoms. The Morgan fingerprint density at radius 2 is 1.92 bits per heavy atom. The number of nitrogens with zero attached hydrogens (tertiary/aromatic N) is 4. The van der Waals surface area contributed by atoms with Crippen molar-refractivity contribution in [2.45, 2.75) is 6.54 Å². The van der Waals surface area contributed by atoms with Crippen LogP contribution in [0, 0.1) is 17.5 Å². The predicted molar refractivity (Wildman–Crippen MR) is 78.2 cm³/mol. The molecule has 1 amide bonds. The number of nitrogens with one attached hydrogen (secondary N) is 1. The molecule has 6 nitrogen and oxygen atoms in total. The van der Waals surface area contributed by atoms with Crippen LogP contribution in [-0.4, -0.2) is 26.1 Å². The molecule has 0 radical (unpaired) electrons. The zero-order chi connectivity index (χ0) is 17.1. The van der Waals surface area contributed by atoms with Gasteiger partial charge in [0, 0.05) is 17.3 Å². The molecule has 1 aromatic heterocycles. The van der Waals surface area contributed by atoms with Crippen molar-refractivity contribution >= 4 is 11.6 Å². The number of hydrogen-bond acceptors (Lipinski definition) is 4. The van der Waals surface area contributed by atoms with E-state index < -0.39 is 23.4 Å². The molecule has 0 aliphatic rings. The van der Waals surface area contributed by atoms with Gasteiger partial charge in [0.25, 0.3) is 0 Å². The molecule has 3 rings (SSSR count). The van der Waals surface area contributed by atoms with E-state index in [1.807, 2.05) is 0 Å². The third-order valence-electron chi connectivity index (χ3n) is 3.02. The maximum atomic E-state index is 13.2. The van der Waals surface area contributed by atoms with E-state index in [4.69, 9.17) is 0 Å². The summed E-state index contributed by atoms with van der Waals surface area (Å²) in [4.78, 5) is 12.9. The smallest absolute Gasteiger partial charge is 0.248 e. The van der Waals surface area contributed by atoms with Gasteiger partial charge in [0.15, 0.2) is 11.6 Å². The van der Waals surface area contributed by atoms with Crippen LogP contribution >= 0.6 is 0 Å². The van der Waals surface area contributed by atoms with Gasteiger partial charge in [-0.3, -0.25) is 4.79 Å². The molecule has 9 heteroatoms. The molecule has 3 aromatic rings. The molecule has 1 N–H and O–H groups in total. The van der Waals surface area contributed by atoms with Gasteiger partial charge in [0.05, 0.1) is 0 Å². The number of anilines is 1. The highest BCUT2D eigenvalue weighted by molar-refractivity contribution is 5.90. The molecular weight excluding hydrogens is 323 g/mol. The second kappa shape index (κ2) is 6.49. The third-order valence-corrected chi connectivity index (χ3v) is 3.02. The Labute approximate surface area is 133 Å². The molecule has 24 heavy (non-hydrogen) atoms. The van der Waals surface area contributed by atoms with Crippen molar-refractivity contribution in [3.63, 3.8) is 0 Å². The largest absolute Gasteiger partial charge is 0.324 e. The quantitative estimate of drug-likeness (QED) is 0.796. The van der Waals surface area contributed by atoms with Gasteiger partial charge in [0.2, 0.25) is 11.7 Å². The SMILES string of the molecule is O=C(Cn1nnc(-c2cccc(F)c2)n1)Nc1ccc(F)c(F)c1. The number of aromatic nitrogens is 4. The van der Waals surface area contributed by atoms with Crippen LogP contribution in [0.1, 0.15) is 0 Å². The summed E-state index contributed by atoms with van der Waals surface area (Å²) in [6.07, 6.45) is 0. The van der Waals surface area contributed by atoms with Gasteiger partial charge in [-0.15, -0.1) is 10.2 Å². The molecule has 0 saturated carbocycles. The molecule has 0 unspecified atom stereocenters. The standard InChI is InChI=1S/C15H10F3N5O/c16-10-3-1-2-9(6-10)15-20-22-23(21-15)8-14(24)19-11-4-5-12(17)13(18)7-11/h1-7H,8H2,(H,19,24). The van der Waals surface area contributed by atoms with E-state index in [0.29, 0.717) is 5.56 Å². The number of tetrazole rings is 1. The van der Waals surface area contributed by atoms with Crippen LogP contribution < -0.4 is 5.32 Å². The Morgan fingerprint density at radius 1 is 1.08 bits per heavy atom. The molecule has 0 atom stereocenters. The molecule has 1 heterocycles. The van der Waals surface area contributed by atoms with Crippen LogP contribution in [0.2, 0.25) is 0 Å². The normalized spacial score (nSPS) is 10.6. The molecule has 0 saturated heterocycles. The van der Waals surface area contributed by atoms with E-state index >= 15 is 0 Å². The topological polar surface area (TPSA) is 72.7 Å². The van der Waals surface area contributed by atoms with Gasteiger partial charge in [0.1, 0.15) is 12.4 Å². The Hall–Kier alpha value is -3.23. The summed E-state index contributed by atoms with van der Waals surface area (Å²) in [6.45, 7) is -0.290. The van der Waals surface area contributed by atoms with E-state index in [1.165, 1.54) is 24.3 Å². The molecule has 122 valence electrons. The summed E-state index contributed by atoms with van der Waals surface area (Å²) in [7, 11) is 0. The number of carbonyl (C=O) groups excluding carboxylic acids is 1. The van der Waals surface area contributed by atoms with Gasteiger partial charge < -0.3 is 5.32 Å². The first-order valence-corrected chi connectivity index (χ1v) is 6.80. The summed E-state index contributed by atoms with van der Waals surface area (Å²) in [6, 6.07) is 8.61. The zero-order valence-corrected chi connectivity index (χ0v) is 12.1. The van der Waals surface area contributed by atoms with E-state index in [2.05, 4.69) is 20.7 Å². The monoisotopic (exact) mass is 333 g/mol. The first-order valence-electron chi connectivity index (χ1n) is 6.80. The highest BCUT2D eigenvalue weighted by Crippen LogP contribution is 2.15. The summed E-state index contributed by atoms with van der Waals surface area (Å²) in [5.41, 5.74) is 0.520. The molecular formula is C15H10F3N5O. The fraction of sp³-hybridized carbons (Fsp3) is 0.0667. The van der Waals surface area contributed by atoms with Crippen LogP contribution in [0.3, 0.4) is 0 Å². The second-order valence-electron chi connectivity index (χ2n) is 4.83. The summed E-state index contributed by atoms with van der Waals surface area (Å²) in [5, 5.41) is 13.8. The van der Waals surface area contributed by atoms with Gasteiger partial charge in [-0.25, -0.2) is 13.2 Å². The lowest BCUT2D eigenvalue weighted by molar-refractivity contribution is -0.117. The number of hydrogen-bond donors (Lipinski definition) is 1. The van der Waals surface area contributed by atoms with Crippen LogP contribution in [0.15, 0.2) is 42.5 Å². The maximum absolute atomic E-state index is 13.2. The molecule has 0 aliphatic heterocycles. The summed E-state index contributed by atoms with van der Waals surface area (Å²) < 4.78 is 39.1. The average molecular weight is 333 g/mol. The first kappa shape index (κ1) is 15.7. The first-order chi connectivity index (χ1) is 11.5.